The van der Waals surface area contributed by atoms with Gasteiger partial charge in [-0.25, -0.2) is 14.5 Å². The summed E-state index contributed by atoms with van der Waals surface area (Å²) in [5.74, 6) is -0.0997. The molecule has 0 unspecified atom stereocenters. The molecular formula is C24H23N7O2. The summed E-state index contributed by atoms with van der Waals surface area (Å²) < 4.78 is 5.30. The lowest BCUT2D eigenvalue weighted by Crippen LogP contribution is -2.38. The minimum Gasteiger partial charge on any atom is -0.333 e. The molecule has 5 aromatic rings. The van der Waals surface area contributed by atoms with E-state index in [0.717, 1.165) is 29.0 Å². The Morgan fingerprint density at radius 1 is 1.18 bits per heavy atom. The van der Waals surface area contributed by atoms with Crippen LogP contribution in [0.15, 0.2) is 47.5 Å². The molecule has 0 radical (unpaired) electrons. The minimum absolute atomic E-state index is 0.0997. The van der Waals surface area contributed by atoms with Crippen LogP contribution in [0.3, 0.4) is 0 Å². The van der Waals surface area contributed by atoms with Crippen molar-refractivity contribution in [2.75, 3.05) is 6.54 Å². The zero-order valence-electron chi connectivity index (χ0n) is 18.5. The predicted molar refractivity (Wildman–Crippen MR) is 123 cm³/mol. The summed E-state index contributed by atoms with van der Waals surface area (Å²) in [6, 6.07) is 9.11. The van der Waals surface area contributed by atoms with Crippen molar-refractivity contribution in [3.05, 3.63) is 75.7 Å². The van der Waals surface area contributed by atoms with Crippen LogP contribution in [0.4, 0.5) is 0 Å². The summed E-state index contributed by atoms with van der Waals surface area (Å²) in [7, 11) is 0. The van der Waals surface area contributed by atoms with E-state index < -0.39 is 0 Å². The number of fused-ring (bicyclic) bond motifs is 5. The van der Waals surface area contributed by atoms with Gasteiger partial charge in [0.15, 0.2) is 5.65 Å². The number of carbonyl (C=O) groups excluding carboxylic acids is 1. The van der Waals surface area contributed by atoms with Gasteiger partial charge in [0.05, 0.1) is 16.8 Å². The number of aromatic nitrogens is 6. The van der Waals surface area contributed by atoms with Crippen molar-refractivity contribution in [2.45, 2.75) is 39.8 Å². The Balaban J connectivity index is 1.44. The van der Waals surface area contributed by atoms with Crippen LogP contribution in [0, 0.1) is 6.92 Å². The zero-order chi connectivity index (χ0) is 22.7. The van der Waals surface area contributed by atoms with Crippen LogP contribution in [0.25, 0.3) is 22.3 Å². The van der Waals surface area contributed by atoms with Gasteiger partial charge in [-0.15, -0.1) is 0 Å². The molecule has 1 amide bonds. The maximum Gasteiger partial charge on any atom is 0.270 e. The second-order valence-electron chi connectivity index (χ2n) is 8.53. The second kappa shape index (κ2) is 7.26. The van der Waals surface area contributed by atoms with Crippen molar-refractivity contribution in [2.24, 2.45) is 0 Å². The molecule has 1 aliphatic rings. The fourth-order valence-electron chi connectivity index (χ4n) is 4.77. The lowest BCUT2D eigenvalue weighted by molar-refractivity contribution is 0.0722. The van der Waals surface area contributed by atoms with Gasteiger partial charge >= 0.3 is 0 Å². The number of hydrogen-bond donors (Lipinski definition) is 0. The summed E-state index contributed by atoms with van der Waals surface area (Å²) in [5.41, 5.74) is 5.30. The van der Waals surface area contributed by atoms with Gasteiger partial charge in [-0.2, -0.15) is 5.10 Å². The highest BCUT2D eigenvalue weighted by molar-refractivity contribution is 5.98. The van der Waals surface area contributed by atoms with Crippen LogP contribution in [0.2, 0.25) is 0 Å². The van der Waals surface area contributed by atoms with E-state index in [1.807, 2.05) is 46.2 Å². The number of nitrogens with zero attached hydrogens (tertiary/aromatic N) is 7. The van der Waals surface area contributed by atoms with E-state index in [2.05, 4.69) is 10.1 Å². The summed E-state index contributed by atoms with van der Waals surface area (Å²) >= 11 is 0. The molecule has 0 spiro atoms. The molecule has 33 heavy (non-hydrogen) atoms. The summed E-state index contributed by atoms with van der Waals surface area (Å²) in [5, 5.41) is 5.02. The maximum absolute atomic E-state index is 13.7. The van der Waals surface area contributed by atoms with E-state index in [9.17, 15) is 9.59 Å². The topological polar surface area (TPSA) is 89.8 Å². The highest BCUT2D eigenvalue weighted by Crippen LogP contribution is 2.24. The molecule has 0 atom stereocenters. The number of aryl methyl sites for hydroxylation is 2. The Morgan fingerprint density at radius 3 is 2.91 bits per heavy atom. The van der Waals surface area contributed by atoms with Gasteiger partial charge in [0.25, 0.3) is 11.5 Å². The Morgan fingerprint density at radius 2 is 2.06 bits per heavy atom. The second-order valence-corrected chi connectivity index (χ2v) is 8.53. The lowest BCUT2D eigenvalue weighted by Gasteiger charge is -2.29. The standard InChI is InChI=1S/C24H23N7O2/c1-3-8-29-19(12-17-22(29)26-20-6-4-5-9-30(20)23(17)32)24(33)28-10-7-18-16(14-28)13-25-21-11-15(2)27-31(18)21/h4-6,9,11-13H,3,7-8,10,14H2,1-2H3. The molecule has 5 aromatic heterocycles. The molecule has 166 valence electrons. The largest absolute Gasteiger partial charge is 0.333 e. The van der Waals surface area contributed by atoms with Crippen LogP contribution < -0.4 is 5.56 Å². The molecular weight excluding hydrogens is 418 g/mol. The van der Waals surface area contributed by atoms with Gasteiger partial charge in [0.2, 0.25) is 0 Å². The molecule has 0 saturated carbocycles. The molecule has 6 rings (SSSR count). The molecule has 0 bridgehead atoms. The van der Waals surface area contributed by atoms with Gasteiger partial charge < -0.3 is 9.47 Å². The molecule has 0 saturated heterocycles. The normalized spacial score (nSPS) is 13.8. The fraction of sp³-hybridized carbons (Fsp3) is 0.292. The van der Waals surface area contributed by atoms with E-state index in [0.29, 0.717) is 48.4 Å². The predicted octanol–water partition coefficient (Wildman–Crippen LogP) is 2.61. The van der Waals surface area contributed by atoms with Gasteiger partial charge in [-0.05, 0) is 31.5 Å². The monoisotopic (exact) mass is 441 g/mol. The molecule has 6 heterocycles. The quantitative estimate of drug-likeness (QED) is 0.429. The van der Waals surface area contributed by atoms with E-state index in [1.54, 1.807) is 24.4 Å². The highest BCUT2D eigenvalue weighted by Gasteiger charge is 2.28. The first-order chi connectivity index (χ1) is 16.0. The minimum atomic E-state index is -0.163. The third-order valence-corrected chi connectivity index (χ3v) is 6.30. The molecule has 9 nitrogen and oxygen atoms in total. The number of amides is 1. The van der Waals surface area contributed by atoms with Crippen molar-refractivity contribution in [1.29, 1.82) is 0 Å². The van der Waals surface area contributed by atoms with Crippen LogP contribution >= 0.6 is 0 Å². The lowest BCUT2D eigenvalue weighted by atomic mass is 10.1. The van der Waals surface area contributed by atoms with Crippen LogP contribution in [-0.4, -0.2) is 45.9 Å². The molecule has 0 aromatic carbocycles. The van der Waals surface area contributed by atoms with E-state index >= 15 is 0 Å². The number of rotatable bonds is 3. The SMILES string of the molecule is CCCn1c(C(=O)N2CCc3c(cnc4cc(C)nn34)C2)cc2c(=O)n3ccccc3nc21. The van der Waals surface area contributed by atoms with E-state index in [-0.39, 0.29) is 11.5 Å². The Labute approximate surface area is 188 Å². The fourth-order valence-corrected chi connectivity index (χ4v) is 4.77. The van der Waals surface area contributed by atoms with Crippen molar-refractivity contribution in [3.8, 4) is 0 Å². The van der Waals surface area contributed by atoms with Crippen LogP contribution in [0.1, 0.15) is 40.8 Å². The summed E-state index contributed by atoms with van der Waals surface area (Å²) in [4.78, 5) is 37.8. The van der Waals surface area contributed by atoms with Crippen molar-refractivity contribution < 1.29 is 4.79 Å². The summed E-state index contributed by atoms with van der Waals surface area (Å²) in [6.07, 6.45) is 5.06. The Kier molecular flexibility index (Phi) is 4.33. The zero-order valence-corrected chi connectivity index (χ0v) is 18.5. The van der Waals surface area contributed by atoms with Crippen molar-refractivity contribution in [3.63, 3.8) is 0 Å². The third kappa shape index (κ3) is 2.95. The van der Waals surface area contributed by atoms with Crippen molar-refractivity contribution >= 4 is 28.2 Å². The summed E-state index contributed by atoms with van der Waals surface area (Å²) in [6.45, 7) is 5.64. The molecule has 0 aliphatic carbocycles. The van der Waals surface area contributed by atoms with Gasteiger partial charge in [-0.3, -0.25) is 14.0 Å². The van der Waals surface area contributed by atoms with E-state index in [4.69, 9.17) is 4.98 Å². The first kappa shape index (κ1) is 19.7. The highest BCUT2D eigenvalue weighted by atomic mass is 16.2. The molecule has 1 aliphatic heterocycles. The van der Waals surface area contributed by atoms with Gasteiger partial charge in [0.1, 0.15) is 17.0 Å². The molecule has 9 heteroatoms. The number of hydrogen-bond acceptors (Lipinski definition) is 5. The first-order valence-electron chi connectivity index (χ1n) is 11.2. The number of carbonyl (C=O) groups is 1. The van der Waals surface area contributed by atoms with Crippen LogP contribution in [-0.2, 0) is 19.5 Å². The van der Waals surface area contributed by atoms with Crippen molar-refractivity contribution in [1.82, 2.24) is 33.4 Å². The van der Waals surface area contributed by atoms with E-state index in [1.165, 1.54) is 4.40 Å². The average molecular weight is 441 g/mol. The smallest absolute Gasteiger partial charge is 0.270 e. The average Bonchev–Trinajstić information content (AvgIpc) is 3.39. The molecule has 0 N–H and O–H groups in total. The Hall–Kier alpha value is -4.01. The maximum atomic E-state index is 13.7. The first-order valence-corrected chi connectivity index (χ1v) is 11.2. The van der Waals surface area contributed by atoms with Gasteiger partial charge in [-0.1, -0.05) is 13.0 Å². The van der Waals surface area contributed by atoms with Crippen LogP contribution in [0.5, 0.6) is 0 Å². The van der Waals surface area contributed by atoms with Gasteiger partial charge in [0, 0.05) is 50.1 Å². The third-order valence-electron chi connectivity index (χ3n) is 6.30. The Bertz CT molecular complexity index is 1630. The molecule has 0 fully saturated rings. The number of pyridine rings is 1.